The Balaban J connectivity index is 1.37. The molecule has 5 rings (SSSR count). The third-order valence-corrected chi connectivity index (χ3v) is 4.74. The lowest BCUT2D eigenvalue weighted by atomic mass is 10.1. The van der Waals surface area contributed by atoms with Gasteiger partial charge < -0.3 is 19.9 Å². The maximum Gasteiger partial charge on any atom is 0.259 e. The Kier molecular flexibility index (Phi) is 4.25. The van der Waals surface area contributed by atoms with Crippen LogP contribution in [0, 0.1) is 0 Å². The van der Waals surface area contributed by atoms with Gasteiger partial charge in [-0.25, -0.2) is 4.98 Å². The Morgan fingerprint density at radius 1 is 1.00 bits per heavy atom. The van der Waals surface area contributed by atoms with E-state index in [9.17, 15) is 9.59 Å². The molecule has 1 aliphatic heterocycles. The number of carbonyl (C=O) groups excluding carboxylic acids is 2. The quantitative estimate of drug-likeness (QED) is 0.535. The van der Waals surface area contributed by atoms with Crippen LogP contribution in [0.2, 0.25) is 0 Å². The Morgan fingerprint density at radius 3 is 2.60 bits per heavy atom. The van der Waals surface area contributed by atoms with E-state index in [4.69, 9.17) is 4.74 Å². The third kappa shape index (κ3) is 3.29. The van der Waals surface area contributed by atoms with E-state index in [1.807, 2.05) is 41.2 Å². The van der Waals surface area contributed by atoms with Crippen LogP contribution in [0.1, 0.15) is 20.7 Å². The minimum atomic E-state index is -0.330. The van der Waals surface area contributed by atoms with Gasteiger partial charge in [-0.05, 0) is 66.7 Å². The Morgan fingerprint density at radius 2 is 1.80 bits per heavy atom. The number of anilines is 2. The first-order valence-corrected chi connectivity index (χ1v) is 9.30. The Labute approximate surface area is 172 Å². The molecule has 7 nitrogen and oxygen atoms in total. The van der Waals surface area contributed by atoms with Gasteiger partial charge in [-0.3, -0.25) is 9.59 Å². The molecule has 0 aliphatic carbocycles. The van der Waals surface area contributed by atoms with Crippen LogP contribution in [0.25, 0.3) is 5.69 Å². The lowest BCUT2D eigenvalue weighted by Gasteiger charge is -2.10. The molecule has 3 heterocycles. The summed E-state index contributed by atoms with van der Waals surface area (Å²) in [5.74, 6) is 0.0982. The van der Waals surface area contributed by atoms with Crippen LogP contribution in [0.3, 0.4) is 0 Å². The molecule has 146 valence electrons. The van der Waals surface area contributed by atoms with E-state index < -0.39 is 0 Å². The van der Waals surface area contributed by atoms with Crippen molar-refractivity contribution < 1.29 is 14.3 Å². The van der Waals surface area contributed by atoms with Crippen LogP contribution in [0.5, 0.6) is 11.6 Å². The predicted molar refractivity (Wildman–Crippen MR) is 112 cm³/mol. The molecule has 1 aliphatic rings. The highest BCUT2D eigenvalue weighted by Crippen LogP contribution is 2.34. The molecule has 2 N–H and O–H groups in total. The van der Waals surface area contributed by atoms with Crippen molar-refractivity contribution in [3.8, 4) is 17.3 Å². The molecule has 0 saturated carbocycles. The number of pyridine rings is 1. The van der Waals surface area contributed by atoms with E-state index in [0.717, 1.165) is 5.69 Å². The number of amides is 2. The van der Waals surface area contributed by atoms with Gasteiger partial charge in [-0.1, -0.05) is 0 Å². The van der Waals surface area contributed by atoms with E-state index in [-0.39, 0.29) is 11.8 Å². The molecule has 0 radical (unpaired) electrons. The van der Waals surface area contributed by atoms with Crippen LogP contribution in [0.15, 0.2) is 85.3 Å². The van der Waals surface area contributed by atoms with E-state index in [1.165, 1.54) is 0 Å². The summed E-state index contributed by atoms with van der Waals surface area (Å²) in [6.45, 7) is 0. The number of nitrogens with one attached hydrogen (secondary N) is 2. The molecule has 0 fully saturated rings. The van der Waals surface area contributed by atoms with Crippen molar-refractivity contribution in [1.82, 2.24) is 9.55 Å². The number of nitrogens with zero attached hydrogens (tertiary/aromatic N) is 2. The van der Waals surface area contributed by atoms with Gasteiger partial charge in [0.15, 0.2) is 0 Å². The number of hydrogen-bond acceptors (Lipinski definition) is 4. The van der Waals surface area contributed by atoms with Crippen molar-refractivity contribution in [1.29, 1.82) is 0 Å². The standard InChI is InChI=1S/C23H16N4O3/c28-21(15-5-8-17(9-6-15)27-12-1-2-13-27)25-16-7-10-20-18(14-16)22(29)26-19-4-3-11-24-23(19)30-20/h1-14H,(H,25,28)(H,26,29). The predicted octanol–water partition coefficient (Wildman–Crippen LogP) is 4.48. The average Bonchev–Trinajstić information content (AvgIpc) is 3.26. The highest BCUT2D eigenvalue weighted by molar-refractivity contribution is 6.09. The molecule has 2 aromatic heterocycles. The van der Waals surface area contributed by atoms with E-state index in [0.29, 0.717) is 34.1 Å². The number of ether oxygens (including phenoxy) is 1. The lowest BCUT2D eigenvalue weighted by molar-refractivity contribution is 0.101. The van der Waals surface area contributed by atoms with Crippen molar-refractivity contribution in [3.63, 3.8) is 0 Å². The van der Waals surface area contributed by atoms with Gasteiger partial charge in [0.25, 0.3) is 11.8 Å². The largest absolute Gasteiger partial charge is 0.436 e. The van der Waals surface area contributed by atoms with Gasteiger partial charge in [0.2, 0.25) is 5.88 Å². The van der Waals surface area contributed by atoms with Crippen molar-refractivity contribution in [3.05, 3.63) is 96.4 Å². The van der Waals surface area contributed by atoms with Gasteiger partial charge in [0.05, 0.1) is 5.56 Å². The van der Waals surface area contributed by atoms with Crippen molar-refractivity contribution in [2.24, 2.45) is 0 Å². The van der Waals surface area contributed by atoms with Crippen LogP contribution in [-0.4, -0.2) is 21.4 Å². The molecule has 0 unspecified atom stereocenters. The number of rotatable bonds is 3. The summed E-state index contributed by atoms with van der Waals surface area (Å²) in [4.78, 5) is 29.4. The number of hydrogen-bond donors (Lipinski definition) is 2. The number of aromatic nitrogens is 2. The fraction of sp³-hybridized carbons (Fsp3) is 0. The monoisotopic (exact) mass is 396 g/mol. The minimum Gasteiger partial charge on any atom is -0.436 e. The van der Waals surface area contributed by atoms with E-state index >= 15 is 0 Å². The van der Waals surface area contributed by atoms with Crippen LogP contribution >= 0.6 is 0 Å². The second kappa shape index (κ2) is 7.21. The Hall–Kier alpha value is -4.39. The zero-order chi connectivity index (χ0) is 20.5. The minimum absolute atomic E-state index is 0.270. The second-order valence-corrected chi connectivity index (χ2v) is 6.71. The van der Waals surface area contributed by atoms with E-state index in [1.54, 1.807) is 48.7 Å². The number of carbonyl (C=O) groups is 2. The van der Waals surface area contributed by atoms with Gasteiger partial charge in [0.1, 0.15) is 11.4 Å². The highest BCUT2D eigenvalue weighted by atomic mass is 16.5. The van der Waals surface area contributed by atoms with Crippen LogP contribution in [-0.2, 0) is 0 Å². The van der Waals surface area contributed by atoms with Crippen LogP contribution in [0.4, 0.5) is 11.4 Å². The third-order valence-electron chi connectivity index (χ3n) is 4.74. The summed E-state index contributed by atoms with van der Waals surface area (Å²) in [6, 6.07) is 19.5. The first kappa shape index (κ1) is 17.7. The maximum absolute atomic E-state index is 12.6. The van der Waals surface area contributed by atoms with Gasteiger partial charge in [-0.15, -0.1) is 0 Å². The molecule has 0 spiro atoms. The van der Waals surface area contributed by atoms with Gasteiger partial charge >= 0.3 is 0 Å². The summed E-state index contributed by atoms with van der Waals surface area (Å²) >= 11 is 0. The SMILES string of the molecule is O=C(Nc1ccc2c(c1)C(=O)Nc1cccnc1O2)c1ccc(-n2cccc2)cc1. The molecular weight excluding hydrogens is 380 g/mol. The number of fused-ring (bicyclic) bond motifs is 2. The zero-order valence-corrected chi connectivity index (χ0v) is 15.7. The van der Waals surface area contributed by atoms with Crippen molar-refractivity contribution in [2.75, 3.05) is 10.6 Å². The first-order valence-electron chi connectivity index (χ1n) is 9.30. The average molecular weight is 396 g/mol. The Bertz CT molecular complexity index is 1250. The molecular formula is C23H16N4O3. The topological polar surface area (TPSA) is 85.2 Å². The van der Waals surface area contributed by atoms with Crippen molar-refractivity contribution >= 4 is 23.2 Å². The lowest BCUT2D eigenvalue weighted by Crippen LogP contribution is -2.14. The fourth-order valence-electron chi connectivity index (χ4n) is 3.23. The van der Waals surface area contributed by atoms with Crippen molar-refractivity contribution in [2.45, 2.75) is 0 Å². The fourth-order valence-corrected chi connectivity index (χ4v) is 3.23. The molecule has 30 heavy (non-hydrogen) atoms. The molecule has 4 aromatic rings. The first-order chi connectivity index (χ1) is 14.7. The molecule has 2 aromatic carbocycles. The van der Waals surface area contributed by atoms with Gasteiger partial charge in [-0.2, -0.15) is 0 Å². The number of benzene rings is 2. The molecule has 0 saturated heterocycles. The van der Waals surface area contributed by atoms with Gasteiger partial charge in [0, 0.05) is 35.5 Å². The summed E-state index contributed by atoms with van der Waals surface area (Å²) in [5.41, 5.74) is 2.77. The highest BCUT2D eigenvalue weighted by Gasteiger charge is 2.22. The summed E-state index contributed by atoms with van der Waals surface area (Å²) < 4.78 is 7.71. The maximum atomic E-state index is 12.6. The summed E-state index contributed by atoms with van der Waals surface area (Å²) in [6.07, 6.45) is 5.46. The molecule has 0 atom stereocenters. The normalized spacial score (nSPS) is 12.1. The summed E-state index contributed by atoms with van der Waals surface area (Å²) in [7, 11) is 0. The van der Waals surface area contributed by atoms with Crippen LogP contribution < -0.4 is 15.4 Å². The molecule has 0 bridgehead atoms. The smallest absolute Gasteiger partial charge is 0.259 e. The van der Waals surface area contributed by atoms with E-state index in [2.05, 4.69) is 15.6 Å². The summed E-state index contributed by atoms with van der Waals surface area (Å²) in [5, 5.41) is 5.60. The zero-order valence-electron chi connectivity index (χ0n) is 15.7. The second-order valence-electron chi connectivity index (χ2n) is 6.71. The molecule has 2 amide bonds. The molecule has 7 heteroatoms.